The van der Waals surface area contributed by atoms with Crippen LogP contribution >= 0.6 is 0 Å². The Kier molecular flexibility index (Phi) is 18.6. The number of aldehydes is 2. The van der Waals surface area contributed by atoms with Crippen LogP contribution in [0, 0.1) is 0 Å². The fourth-order valence-electron chi connectivity index (χ4n) is 0.478. The molecule has 0 aliphatic heterocycles. The lowest BCUT2D eigenvalue weighted by Crippen LogP contribution is -1.73. The minimum absolute atomic E-state index is 0.639. The van der Waals surface area contributed by atoms with Crippen molar-refractivity contribution in [2.24, 2.45) is 0 Å². The third kappa shape index (κ3) is 27.3. The lowest BCUT2D eigenvalue weighted by Gasteiger charge is -1.85. The van der Waals surface area contributed by atoms with E-state index in [1.165, 1.54) is 18.9 Å². The molecule has 0 saturated carbocycles. The average molecular weight is 156 g/mol. The van der Waals surface area contributed by atoms with Crippen molar-refractivity contribution in [3.8, 4) is 0 Å². The number of unbranched alkanes of at least 4 members (excludes halogenated alkanes) is 3. The van der Waals surface area contributed by atoms with Crippen molar-refractivity contribution in [2.75, 3.05) is 0 Å². The molecule has 0 heterocycles. The molecule has 0 atom stereocenters. The van der Waals surface area contributed by atoms with Crippen LogP contribution in [0.2, 0.25) is 0 Å². The second kappa shape index (κ2) is 16.0. The summed E-state index contributed by atoms with van der Waals surface area (Å²) >= 11 is 0. The van der Waals surface area contributed by atoms with Crippen molar-refractivity contribution < 1.29 is 9.59 Å². The van der Waals surface area contributed by atoms with Crippen LogP contribution in [0.25, 0.3) is 0 Å². The molecule has 0 aromatic carbocycles. The molecule has 0 N–H and O–H groups in total. The van der Waals surface area contributed by atoms with Crippen LogP contribution in [0.3, 0.4) is 0 Å². The highest BCUT2D eigenvalue weighted by Gasteiger charge is 1.80. The summed E-state index contributed by atoms with van der Waals surface area (Å²) in [4.78, 5) is 18.7. The van der Waals surface area contributed by atoms with Gasteiger partial charge in [0.25, 0.3) is 0 Å². The predicted octanol–water partition coefficient (Wildman–Crippen LogP) is 2.14. The van der Waals surface area contributed by atoms with E-state index in [-0.39, 0.29) is 0 Å². The number of allylic oxidation sites excluding steroid dienone is 1. The zero-order valence-electron chi connectivity index (χ0n) is 7.08. The van der Waals surface area contributed by atoms with Crippen molar-refractivity contribution >= 4 is 12.6 Å². The SMILES string of the molecule is C=CC=O.CCCCCC=O. The van der Waals surface area contributed by atoms with E-state index < -0.39 is 0 Å². The van der Waals surface area contributed by atoms with Crippen molar-refractivity contribution in [3.05, 3.63) is 12.7 Å². The summed E-state index contributed by atoms with van der Waals surface area (Å²) < 4.78 is 0. The molecule has 0 rings (SSSR count). The van der Waals surface area contributed by atoms with Crippen molar-refractivity contribution in [1.29, 1.82) is 0 Å². The maximum atomic E-state index is 9.68. The normalized spacial score (nSPS) is 7.36. The van der Waals surface area contributed by atoms with Gasteiger partial charge in [-0.05, 0) is 12.5 Å². The van der Waals surface area contributed by atoms with E-state index in [0.717, 1.165) is 19.1 Å². The molecule has 0 aromatic rings. The van der Waals surface area contributed by atoms with E-state index in [0.29, 0.717) is 6.29 Å². The standard InChI is InChI=1S/C6H12O.C3H4O/c1-2-3-4-5-6-7;1-2-3-4/h6H,2-5H2,1H3;2-3H,1H2. The van der Waals surface area contributed by atoms with Crippen LogP contribution in [0.1, 0.15) is 32.6 Å². The maximum absolute atomic E-state index is 9.68. The molecule has 0 unspecified atom stereocenters. The fourth-order valence-corrected chi connectivity index (χ4v) is 0.478. The minimum atomic E-state index is 0.639. The molecule has 0 aromatic heterocycles. The van der Waals surface area contributed by atoms with Gasteiger partial charge in [0.15, 0.2) is 0 Å². The fraction of sp³-hybridized carbons (Fsp3) is 0.556. The van der Waals surface area contributed by atoms with Crippen LogP contribution in [0.15, 0.2) is 12.7 Å². The summed E-state index contributed by atoms with van der Waals surface area (Å²) in [7, 11) is 0. The van der Waals surface area contributed by atoms with E-state index in [1.54, 1.807) is 0 Å². The van der Waals surface area contributed by atoms with Gasteiger partial charge < -0.3 is 4.79 Å². The number of rotatable bonds is 5. The maximum Gasteiger partial charge on any atom is 0.142 e. The minimum Gasteiger partial charge on any atom is -0.303 e. The van der Waals surface area contributed by atoms with Crippen molar-refractivity contribution in [1.82, 2.24) is 0 Å². The smallest absolute Gasteiger partial charge is 0.142 e. The van der Waals surface area contributed by atoms with Gasteiger partial charge in [-0.1, -0.05) is 26.3 Å². The summed E-state index contributed by atoms with van der Waals surface area (Å²) in [5.74, 6) is 0. The van der Waals surface area contributed by atoms with Gasteiger partial charge in [0.2, 0.25) is 0 Å². The van der Waals surface area contributed by atoms with Crippen LogP contribution in [-0.4, -0.2) is 12.6 Å². The van der Waals surface area contributed by atoms with Crippen LogP contribution in [0.5, 0.6) is 0 Å². The molecular weight excluding hydrogens is 140 g/mol. The molecule has 0 aliphatic carbocycles. The molecule has 64 valence electrons. The average Bonchev–Trinajstić information content (AvgIpc) is 2.06. The second-order valence-electron chi connectivity index (χ2n) is 2.03. The highest BCUT2D eigenvalue weighted by atomic mass is 16.1. The van der Waals surface area contributed by atoms with Crippen LogP contribution in [-0.2, 0) is 9.59 Å². The molecule has 0 fully saturated rings. The van der Waals surface area contributed by atoms with Crippen LogP contribution in [0.4, 0.5) is 0 Å². The van der Waals surface area contributed by atoms with E-state index in [4.69, 9.17) is 4.79 Å². The molecular formula is C9H16O2. The predicted molar refractivity (Wildman–Crippen MR) is 46.5 cm³/mol. The van der Waals surface area contributed by atoms with Crippen molar-refractivity contribution in [2.45, 2.75) is 32.6 Å². The molecule has 0 bridgehead atoms. The van der Waals surface area contributed by atoms with E-state index >= 15 is 0 Å². The molecule has 0 radical (unpaired) electrons. The molecule has 0 saturated heterocycles. The number of hydrogen-bond acceptors (Lipinski definition) is 2. The van der Waals surface area contributed by atoms with E-state index in [2.05, 4.69) is 13.5 Å². The second-order valence-corrected chi connectivity index (χ2v) is 2.03. The zero-order valence-corrected chi connectivity index (χ0v) is 7.08. The third-order valence-electron chi connectivity index (χ3n) is 1.02. The Balaban J connectivity index is 0. The van der Waals surface area contributed by atoms with Gasteiger partial charge >= 0.3 is 0 Å². The monoisotopic (exact) mass is 156 g/mol. The lowest BCUT2D eigenvalue weighted by molar-refractivity contribution is -0.108. The Labute approximate surface area is 68.3 Å². The Morgan fingerprint density at radius 1 is 1.27 bits per heavy atom. The number of carbonyl (C=O) groups excluding carboxylic acids is 2. The number of hydrogen-bond donors (Lipinski definition) is 0. The summed E-state index contributed by atoms with van der Waals surface area (Å²) in [5.41, 5.74) is 0. The topological polar surface area (TPSA) is 34.1 Å². The quantitative estimate of drug-likeness (QED) is 0.347. The van der Waals surface area contributed by atoms with Gasteiger partial charge in [-0.3, -0.25) is 4.79 Å². The molecule has 0 spiro atoms. The van der Waals surface area contributed by atoms with Gasteiger partial charge in [-0.15, -0.1) is 0 Å². The molecule has 2 nitrogen and oxygen atoms in total. The van der Waals surface area contributed by atoms with E-state index in [1.807, 2.05) is 0 Å². The Morgan fingerprint density at radius 2 is 1.82 bits per heavy atom. The summed E-state index contributed by atoms with van der Waals surface area (Å²) in [6.07, 6.45) is 7.02. The lowest BCUT2D eigenvalue weighted by atomic mass is 10.2. The zero-order chi connectivity index (χ0) is 8.95. The first-order chi connectivity index (χ1) is 5.33. The molecule has 11 heavy (non-hydrogen) atoms. The highest BCUT2D eigenvalue weighted by molar-refractivity contribution is 5.63. The summed E-state index contributed by atoms with van der Waals surface area (Å²) in [6, 6.07) is 0. The van der Waals surface area contributed by atoms with Gasteiger partial charge in [0.05, 0.1) is 0 Å². The number of carbonyl (C=O) groups is 2. The Morgan fingerprint density at radius 3 is 2.09 bits per heavy atom. The van der Waals surface area contributed by atoms with Gasteiger partial charge in [0.1, 0.15) is 12.6 Å². The summed E-state index contributed by atoms with van der Waals surface area (Å²) in [5, 5.41) is 0. The van der Waals surface area contributed by atoms with Crippen molar-refractivity contribution in [3.63, 3.8) is 0 Å². The molecule has 2 heteroatoms. The molecule has 0 amide bonds. The third-order valence-corrected chi connectivity index (χ3v) is 1.02. The largest absolute Gasteiger partial charge is 0.303 e. The van der Waals surface area contributed by atoms with Gasteiger partial charge in [0, 0.05) is 6.42 Å². The van der Waals surface area contributed by atoms with Gasteiger partial charge in [-0.2, -0.15) is 0 Å². The highest BCUT2D eigenvalue weighted by Crippen LogP contribution is 1.94. The summed E-state index contributed by atoms with van der Waals surface area (Å²) in [6.45, 7) is 5.24. The Hall–Kier alpha value is -0.920. The van der Waals surface area contributed by atoms with E-state index in [9.17, 15) is 4.79 Å². The van der Waals surface area contributed by atoms with Crippen LogP contribution < -0.4 is 0 Å². The first kappa shape index (κ1) is 12.7. The first-order valence-electron chi connectivity index (χ1n) is 3.83. The Bertz CT molecular complexity index is 91.7. The van der Waals surface area contributed by atoms with Gasteiger partial charge in [-0.25, -0.2) is 0 Å². The first-order valence-corrected chi connectivity index (χ1v) is 3.83. The molecule has 0 aliphatic rings.